The summed E-state index contributed by atoms with van der Waals surface area (Å²) in [5, 5.41) is 11.0. The monoisotopic (exact) mass is 376 g/mol. The number of carbonyl (C=O) groups is 1. The van der Waals surface area contributed by atoms with Crippen LogP contribution in [-0.2, 0) is 9.53 Å². The summed E-state index contributed by atoms with van der Waals surface area (Å²) in [6.45, 7) is 7.15. The summed E-state index contributed by atoms with van der Waals surface area (Å²) in [7, 11) is 1.71. The summed E-state index contributed by atoms with van der Waals surface area (Å²) >= 11 is 0. The number of fused-ring (bicyclic) bond motifs is 5. The molecule has 0 saturated heterocycles. The van der Waals surface area contributed by atoms with Crippen molar-refractivity contribution in [2.45, 2.75) is 90.6 Å². The van der Waals surface area contributed by atoms with Gasteiger partial charge in [-0.2, -0.15) is 0 Å². The predicted molar refractivity (Wildman–Crippen MR) is 107 cm³/mol. The maximum Gasteiger partial charge on any atom is 0.133 e. The van der Waals surface area contributed by atoms with Crippen molar-refractivity contribution in [3.8, 4) is 0 Å². The first kappa shape index (κ1) is 19.9. The number of ketones is 1. The second-order valence-electron chi connectivity index (χ2n) is 10.9. The van der Waals surface area contributed by atoms with Gasteiger partial charge in [-0.15, -0.1) is 0 Å². The molecule has 0 bridgehead atoms. The molecule has 3 heteroatoms. The fourth-order valence-electron chi connectivity index (χ4n) is 8.90. The van der Waals surface area contributed by atoms with E-state index >= 15 is 0 Å². The minimum atomic E-state index is -0.610. The van der Waals surface area contributed by atoms with E-state index in [1.165, 1.54) is 38.5 Å². The highest BCUT2D eigenvalue weighted by atomic mass is 16.5. The van der Waals surface area contributed by atoms with E-state index in [2.05, 4.69) is 13.8 Å². The Balaban J connectivity index is 1.60. The zero-order valence-electron chi connectivity index (χ0n) is 17.9. The van der Waals surface area contributed by atoms with Gasteiger partial charge in [0, 0.05) is 13.0 Å². The highest BCUT2D eigenvalue weighted by Gasteiger charge is 2.62. The fraction of sp³-hybridized carbons (Fsp3) is 0.958. The van der Waals surface area contributed by atoms with E-state index in [9.17, 15) is 9.90 Å². The summed E-state index contributed by atoms with van der Waals surface area (Å²) in [4.78, 5) is 12.3. The van der Waals surface area contributed by atoms with Crippen LogP contribution < -0.4 is 0 Å². The second-order valence-corrected chi connectivity index (χ2v) is 10.9. The lowest BCUT2D eigenvalue weighted by atomic mass is 9.42. The van der Waals surface area contributed by atoms with Crippen LogP contribution >= 0.6 is 0 Å². The van der Waals surface area contributed by atoms with Crippen LogP contribution in [0, 0.1) is 40.4 Å². The molecular weight excluding hydrogens is 336 g/mol. The van der Waals surface area contributed by atoms with E-state index in [0.29, 0.717) is 29.6 Å². The number of methoxy groups -OCH3 is 1. The molecule has 3 nitrogen and oxygen atoms in total. The third-order valence-electron chi connectivity index (χ3n) is 10.1. The molecule has 0 spiro atoms. The summed E-state index contributed by atoms with van der Waals surface area (Å²) in [6.07, 6.45) is 11.7. The van der Waals surface area contributed by atoms with Gasteiger partial charge >= 0.3 is 0 Å². The summed E-state index contributed by atoms with van der Waals surface area (Å²) in [5.74, 6) is 3.73. The van der Waals surface area contributed by atoms with Crippen molar-refractivity contribution in [2.24, 2.45) is 40.4 Å². The number of hydrogen-bond donors (Lipinski definition) is 1. The van der Waals surface area contributed by atoms with E-state index in [4.69, 9.17) is 4.74 Å². The van der Waals surface area contributed by atoms with Crippen LogP contribution in [0.3, 0.4) is 0 Å². The Morgan fingerprint density at radius 1 is 1.07 bits per heavy atom. The smallest absolute Gasteiger partial charge is 0.133 e. The Morgan fingerprint density at radius 2 is 1.85 bits per heavy atom. The Hall–Kier alpha value is -0.410. The number of Topliss-reactive ketones (excluding diaryl/α,β-unsaturated/α-hetero) is 1. The summed E-state index contributed by atoms with van der Waals surface area (Å²) < 4.78 is 5.36. The van der Waals surface area contributed by atoms with Crippen molar-refractivity contribution < 1.29 is 14.6 Å². The minimum Gasteiger partial charge on any atom is -0.387 e. The van der Waals surface area contributed by atoms with Gasteiger partial charge in [-0.05, 0) is 106 Å². The zero-order valence-corrected chi connectivity index (χ0v) is 17.9. The molecule has 0 aromatic heterocycles. The Kier molecular flexibility index (Phi) is 5.03. The molecular formula is C24H40O3. The number of rotatable bonds is 4. The molecule has 0 aliphatic heterocycles. The highest BCUT2D eigenvalue weighted by molar-refractivity contribution is 5.79. The number of hydrogen-bond acceptors (Lipinski definition) is 3. The molecule has 4 aliphatic carbocycles. The van der Waals surface area contributed by atoms with Crippen LogP contribution in [0.25, 0.3) is 0 Å². The van der Waals surface area contributed by atoms with Crippen molar-refractivity contribution in [2.75, 3.05) is 13.7 Å². The van der Waals surface area contributed by atoms with Gasteiger partial charge in [0.25, 0.3) is 0 Å². The first-order valence-corrected chi connectivity index (χ1v) is 11.5. The fourth-order valence-corrected chi connectivity index (χ4v) is 8.90. The SMILES string of the molecule is CC[C@]12CC[C@](O)(COC)C[C@@H]1CC[C@@H]1C2CC[C@@]2(C)C1CC[C@@H]2C(C)=O. The molecule has 0 aromatic rings. The Bertz CT molecular complexity index is 588. The van der Waals surface area contributed by atoms with Crippen LogP contribution in [0.4, 0.5) is 0 Å². The standard InChI is InChI=1S/C24H40O3/c1-5-24-13-12-23(26,15-27-4)14-17(24)6-7-18-20-9-8-19(16(2)25)22(20,3)11-10-21(18)24/h17-21,26H,5-15H2,1-4H3/t17-,18-,19+,20?,21?,22+,23+,24-/m0/s1. The van der Waals surface area contributed by atoms with Crippen LogP contribution in [0.2, 0.25) is 0 Å². The summed E-state index contributed by atoms with van der Waals surface area (Å²) in [5.41, 5.74) is 0.0555. The van der Waals surface area contributed by atoms with Crippen molar-refractivity contribution in [1.29, 1.82) is 0 Å². The lowest BCUT2D eigenvalue weighted by molar-refractivity contribution is -0.171. The molecule has 0 aromatic carbocycles. The number of carbonyl (C=O) groups excluding carboxylic acids is 1. The number of ether oxygens (including phenoxy) is 1. The lowest BCUT2D eigenvalue weighted by Crippen LogP contribution is -2.57. The van der Waals surface area contributed by atoms with Gasteiger partial charge in [0.2, 0.25) is 0 Å². The van der Waals surface area contributed by atoms with Gasteiger partial charge in [0.05, 0.1) is 12.2 Å². The molecule has 27 heavy (non-hydrogen) atoms. The molecule has 0 heterocycles. The molecule has 4 rings (SSSR count). The molecule has 4 saturated carbocycles. The molecule has 8 atom stereocenters. The van der Waals surface area contributed by atoms with Gasteiger partial charge in [-0.3, -0.25) is 4.79 Å². The van der Waals surface area contributed by atoms with Crippen LogP contribution in [0.15, 0.2) is 0 Å². The van der Waals surface area contributed by atoms with E-state index in [0.717, 1.165) is 43.4 Å². The Morgan fingerprint density at radius 3 is 2.52 bits per heavy atom. The van der Waals surface area contributed by atoms with Gasteiger partial charge in [-0.25, -0.2) is 0 Å². The first-order valence-electron chi connectivity index (χ1n) is 11.5. The lowest BCUT2D eigenvalue weighted by Gasteiger charge is -2.63. The Labute approximate surface area is 165 Å². The van der Waals surface area contributed by atoms with Crippen molar-refractivity contribution in [1.82, 2.24) is 0 Å². The second kappa shape index (κ2) is 6.83. The third-order valence-corrected chi connectivity index (χ3v) is 10.1. The first-order chi connectivity index (χ1) is 12.8. The molecule has 2 unspecified atom stereocenters. The van der Waals surface area contributed by atoms with Crippen molar-refractivity contribution in [3.63, 3.8) is 0 Å². The van der Waals surface area contributed by atoms with Crippen molar-refractivity contribution in [3.05, 3.63) is 0 Å². The average Bonchev–Trinajstić information content (AvgIpc) is 2.99. The number of aliphatic hydroxyl groups is 1. The maximum absolute atomic E-state index is 12.3. The molecule has 0 radical (unpaired) electrons. The molecule has 0 amide bonds. The van der Waals surface area contributed by atoms with E-state index in [1.807, 2.05) is 6.92 Å². The van der Waals surface area contributed by atoms with Crippen LogP contribution in [-0.4, -0.2) is 30.2 Å². The maximum atomic E-state index is 12.3. The van der Waals surface area contributed by atoms with E-state index in [-0.39, 0.29) is 5.41 Å². The van der Waals surface area contributed by atoms with Crippen LogP contribution in [0.1, 0.15) is 85.0 Å². The quantitative estimate of drug-likeness (QED) is 0.751. The van der Waals surface area contributed by atoms with E-state index < -0.39 is 5.60 Å². The normalized spacial score (nSPS) is 52.0. The van der Waals surface area contributed by atoms with Gasteiger partial charge in [0.15, 0.2) is 0 Å². The average molecular weight is 377 g/mol. The molecule has 4 fully saturated rings. The highest BCUT2D eigenvalue weighted by Crippen LogP contribution is 2.68. The zero-order chi connectivity index (χ0) is 19.4. The van der Waals surface area contributed by atoms with Crippen LogP contribution in [0.5, 0.6) is 0 Å². The largest absolute Gasteiger partial charge is 0.387 e. The van der Waals surface area contributed by atoms with Gasteiger partial charge in [-0.1, -0.05) is 13.8 Å². The van der Waals surface area contributed by atoms with Gasteiger partial charge in [0.1, 0.15) is 5.78 Å². The topological polar surface area (TPSA) is 46.5 Å². The molecule has 4 aliphatic rings. The predicted octanol–water partition coefficient (Wildman–Crippen LogP) is 5.00. The third kappa shape index (κ3) is 2.86. The molecule has 1 N–H and O–H groups in total. The van der Waals surface area contributed by atoms with Gasteiger partial charge < -0.3 is 9.84 Å². The summed E-state index contributed by atoms with van der Waals surface area (Å²) in [6, 6.07) is 0. The molecule has 154 valence electrons. The van der Waals surface area contributed by atoms with Crippen molar-refractivity contribution >= 4 is 5.78 Å². The van der Waals surface area contributed by atoms with E-state index in [1.54, 1.807) is 7.11 Å². The minimum absolute atomic E-state index is 0.250.